The third kappa shape index (κ3) is 7.24. The number of fused-ring (bicyclic) bond motifs is 1. The second-order valence-electron chi connectivity index (χ2n) is 9.35. The Bertz CT molecular complexity index is 1490. The van der Waals surface area contributed by atoms with E-state index >= 15 is 0 Å². The largest absolute Gasteiger partial charge is 0.543 e. The van der Waals surface area contributed by atoms with Gasteiger partial charge in [0.05, 0.1) is 22.4 Å². The van der Waals surface area contributed by atoms with Gasteiger partial charge >= 0.3 is 0 Å². The van der Waals surface area contributed by atoms with Gasteiger partial charge in [0.15, 0.2) is 18.9 Å². The first kappa shape index (κ1) is 29.8. The van der Waals surface area contributed by atoms with E-state index in [1.165, 1.54) is 45.7 Å². The number of carbonyl (C=O) groups is 3. The van der Waals surface area contributed by atoms with E-state index in [0.29, 0.717) is 32.0 Å². The summed E-state index contributed by atoms with van der Waals surface area (Å²) in [5.41, 5.74) is 1.81. The summed E-state index contributed by atoms with van der Waals surface area (Å²) in [7, 11) is 0. The van der Waals surface area contributed by atoms with Crippen LogP contribution in [0.3, 0.4) is 0 Å². The molecule has 0 radical (unpaired) electrons. The first-order chi connectivity index (χ1) is 19.8. The first-order valence-electron chi connectivity index (χ1n) is 12.7. The fraction of sp³-hybridized carbons (Fsp3) is 0.241. The summed E-state index contributed by atoms with van der Waals surface area (Å²) in [6.45, 7) is 0.856. The van der Waals surface area contributed by atoms with E-state index in [9.17, 15) is 19.5 Å². The molecule has 0 aliphatic carbocycles. The summed E-state index contributed by atoms with van der Waals surface area (Å²) in [6, 6.07) is 18.5. The van der Waals surface area contributed by atoms with Crippen molar-refractivity contribution in [2.24, 2.45) is 0 Å². The Balaban J connectivity index is 1.16. The predicted molar refractivity (Wildman–Crippen MR) is 162 cm³/mol. The van der Waals surface area contributed by atoms with Gasteiger partial charge in [-0.2, -0.15) is 0 Å². The second-order valence-corrected chi connectivity index (χ2v) is 13.4. The van der Waals surface area contributed by atoms with Crippen LogP contribution in [0.2, 0.25) is 10.0 Å². The third-order valence-electron chi connectivity index (χ3n) is 6.58. The van der Waals surface area contributed by atoms with Gasteiger partial charge in [0, 0.05) is 44.9 Å². The van der Waals surface area contributed by atoms with Crippen LogP contribution in [0, 0.1) is 0 Å². The van der Waals surface area contributed by atoms with Crippen molar-refractivity contribution in [3.05, 3.63) is 99.9 Å². The van der Waals surface area contributed by atoms with Crippen molar-refractivity contribution in [2.45, 2.75) is 34.2 Å². The van der Waals surface area contributed by atoms with Gasteiger partial charge in [0.25, 0.3) is 5.91 Å². The van der Waals surface area contributed by atoms with E-state index in [4.69, 9.17) is 23.2 Å². The molecule has 12 heteroatoms. The number of carbonyl (C=O) groups excluding carboxylic acids is 3. The number of aliphatic carboxylic acids is 1. The zero-order chi connectivity index (χ0) is 28.9. The van der Waals surface area contributed by atoms with Crippen LogP contribution in [0.4, 0.5) is 0 Å². The van der Waals surface area contributed by atoms with Crippen LogP contribution < -0.4 is 15.0 Å². The SMILES string of the molecule is O=C(CSc1cc(Cl)ccc1Cl)N[C@@H]1C(=O)N2C(C(=O)[O-])=C(CSc3cc[n+](CCc4ccccc4)cc3)CS[C@H]12. The standard InChI is InChI=1S/C29H25Cl2N3O4S3/c30-20-6-7-22(31)23(14-20)40-17-24(35)32-25-27(36)34-26(29(37)38)19(16-41-28(25)34)15-39-21-9-12-33(13-10-21)11-8-18-4-2-1-3-5-18/h1-7,9-10,12-14,25,28H,8,11,15-17H2,(H-,32,35,37,38)/t25-,28-/m1/s1. The number of hydrogen-bond donors (Lipinski definition) is 1. The molecular formula is C29H25Cl2N3O4S3. The van der Waals surface area contributed by atoms with Gasteiger partial charge in [-0.3, -0.25) is 14.5 Å². The molecule has 7 nitrogen and oxygen atoms in total. The Morgan fingerprint density at radius 1 is 1.07 bits per heavy atom. The van der Waals surface area contributed by atoms with E-state index in [1.807, 2.05) is 42.7 Å². The molecule has 1 N–H and O–H groups in total. The fourth-order valence-electron chi connectivity index (χ4n) is 4.49. The molecule has 0 bridgehead atoms. The molecule has 3 heterocycles. The highest BCUT2D eigenvalue weighted by atomic mass is 35.5. The van der Waals surface area contributed by atoms with Crippen LogP contribution in [-0.4, -0.2) is 51.4 Å². The van der Waals surface area contributed by atoms with Crippen molar-refractivity contribution in [3.8, 4) is 0 Å². The van der Waals surface area contributed by atoms with Crippen LogP contribution in [0.1, 0.15) is 5.56 Å². The minimum Gasteiger partial charge on any atom is -0.543 e. The number of nitrogens with zero attached hydrogens (tertiary/aromatic N) is 2. The fourth-order valence-corrected chi connectivity index (χ4v) is 8.16. The van der Waals surface area contributed by atoms with Gasteiger partial charge in [0.1, 0.15) is 11.4 Å². The minimum atomic E-state index is -1.39. The molecule has 1 aromatic heterocycles. The Labute approximate surface area is 260 Å². The number of β-lactam (4-membered cyclic amide) rings is 1. The van der Waals surface area contributed by atoms with Gasteiger partial charge < -0.3 is 15.2 Å². The van der Waals surface area contributed by atoms with Crippen molar-refractivity contribution < 1.29 is 24.1 Å². The number of halogens is 2. The lowest BCUT2D eigenvalue weighted by Crippen LogP contribution is -2.71. The van der Waals surface area contributed by atoms with Crippen molar-refractivity contribution in [2.75, 3.05) is 17.3 Å². The van der Waals surface area contributed by atoms with E-state index in [0.717, 1.165) is 17.9 Å². The number of amides is 2. The van der Waals surface area contributed by atoms with E-state index in [2.05, 4.69) is 22.0 Å². The number of thioether (sulfide) groups is 3. The zero-order valence-corrected chi connectivity index (χ0v) is 25.6. The summed E-state index contributed by atoms with van der Waals surface area (Å²) in [5, 5.41) is 15.3. The van der Waals surface area contributed by atoms with Crippen molar-refractivity contribution in [1.82, 2.24) is 10.2 Å². The predicted octanol–water partition coefficient (Wildman–Crippen LogP) is 3.81. The lowest BCUT2D eigenvalue weighted by atomic mass is 10.0. The molecule has 5 rings (SSSR count). The Hall–Kier alpha value is -2.63. The molecule has 0 saturated carbocycles. The number of benzene rings is 2. The highest BCUT2D eigenvalue weighted by Gasteiger charge is 2.52. The highest BCUT2D eigenvalue weighted by molar-refractivity contribution is 8.01. The number of pyridine rings is 1. The Morgan fingerprint density at radius 2 is 1.83 bits per heavy atom. The van der Waals surface area contributed by atoms with Gasteiger partial charge in [-0.25, -0.2) is 4.57 Å². The number of carboxylic acids is 1. The maximum atomic E-state index is 13.0. The quantitative estimate of drug-likeness (QED) is 0.193. The molecular weight excluding hydrogens is 621 g/mol. The van der Waals surface area contributed by atoms with E-state index < -0.39 is 23.3 Å². The Kier molecular flexibility index (Phi) is 9.87. The molecule has 2 atom stereocenters. The smallest absolute Gasteiger partial charge is 0.253 e. The average Bonchev–Trinajstić information content (AvgIpc) is 2.98. The topological polar surface area (TPSA) is 93.4 Å². The van der Waals surface area contributed by atoms with Crippen LogP contribution in [0.5, 0.6) is 0 Å². The number of aromatic nitrogens is 1. The van der Waals surface area contributed by atoms with Crippen LogP contribution >= 0.6 is 58.5 Å². The average molecular weight is 647 g/mol. The first-order valence-corrected chi connectivity index (χ1v) is 16.5. The zero-order valence-electron chi connectivity index (χ0n) is 21.6. The van der Waals surface area contributed by atoms with Crippen molar-refractivity contribution in [1.29, 1.82) is 0 Å². The summed E-state index contributed by atoms with van der Waals surface area (Å²) < 4.78 is 2.11. The molecule has 0 unspecified atom stereocenters. The Morgan fingerprint density at radius 3 is 2.56 bits per heavy atom. The number of hydrogen-bond acceptors (Lipinski definition) is 7. The van der Waals surface area contributed by atoms with Crippen LogP contribution in [0.25, 0.3) is 0 Å². The monoisotopic (exact) mass is 645 g/mol. The summed E-state index contributed by atoms with van der Waals surface area (Å²) >= 11 is 16.3. The molecule has 2 amide bonds. The molecule has 1 fully saturated rings. The highest BCUT2D eigenvalue weighted by Crippen LogP contribution is 2.41. The lowest BCUT2D eigenvalue weighted by molar-refractivity contribution is -0.696. The molecule has 3 aromatic rings. The van der Waals surface area contributed by atoms with Crippen molar-refractivity contribution in [3.63, 3.8) is 0 Å². The molecule has 2 aromatic carbocycles. The summed E-state index contributed by atoms with van der Waals surface area (Å²) in [4.78, 5) is 40.5. The van der Waals surface area contributed by atoms with Crippen LogP contribution in [0.15, 0.2) is 94.1 Å². The van der Waals surface area contributed by atoms with E-state index in [1.54, 1.807) is 18.2 Å². The molecule has 41 heavy (non-hydrogen) atoms. The van der Waals surface area contributed by atoms with Crippen LogP contribution in [-0.2, 0) is 27.3 Å². The number of nitrogens with one attached hydrogen (secondary N) is 1. The molecule has 2 aliphatic heterocycles. The summed E-state index contributed by atoms with van der Waals surface area (Å²) in [5.74, 6) is -1.32. The lowest BCUT2D eigenvalue weighted by Gasteiger charge is -2.50. The maximum Gasteiger partial charge on any atom is 0.253 e. The molecule has 2 aliphatic rings. The van der Waals surface area contributed by atoms with Gasteiger partial charge in [-0.05, 0) is 29.3 Å². The minimum absolute atomic E-state index is 0.0373. The summed E-state index contributed by atoms with van der Waals surface area (Å²) in [6.07, 6.45) is 4.95. The third-order valence-corrected chi connectivity index (χ3v) is 10.8. The second kappa shape index (κ2) is 13.6. The van der Waals surface area contributed by atoms with Gasteiger partial charge in [0.2, 0.25) is 5.91 Å². The maximum absolute atomic E-state index is 13.0. The number of rotatable bonds is 11. The number of aryl methyl sites for hydroxylation is 2. The van der Waals surface area contributed by atoms with Gasteiger partial charge in [-0.1, -0.05) is 53.5 Å². The van der Waals surface area contributed by atoms with Crippen molar-refractivity contribution >= 4 is 76.3 Å². The number of carboxylic acid groups (broad SMARTS) is 1. The molecule has 212 valence electrons. The normalized spacial score (nSPS) is 18.1. The van der Waals surface area contributed by atoms with E-state index in [-0.39, 0.29) is 17.4 Å². The molecule has 1 saturated heterocycles. The molecule has 0 spiro atoms. The van der Waals surface area contributed by atoms with Gasteiger partial charge in [-0.15, -0.1) is 35.3 Å².